The van der Waals surface area contributed by atoms with Crippen molar-refractivity contribution in [1.29, 1.82) is 0 Å². The van der Waals surface area contributed by atoms with Crippen LogP contribution in [0.5, 0.6) is 5.75 Å². The Balaban J connectivity index is 1.50. The van der Waals surface area contributed by atoms with E-state index >= 15 is 0 Å². The van der Waals surface area contributed by atoms with E-state index in [1.807, 2.05) is 12.1 Å². The topological polar surface area (TPSA) is 85.4 Å². The van der Waals surface area contributed by atoms with Crippen molar-refractivity contribution in [2.24, 2.45) is 0 Å². The highest BCUT2D eigenvalue weighted by molar-refractivity contribution is 6.31. The van der Waals surface area contributed by atoms with Gasteiger partial charge in [0.15, 0.2) is 5.65 Å². The number of piperazine rings is 1. The SMILES string of the molecule is CCc1[nH]nc2ncnc(N3CCN(c4cc(Cl)cc(CNCCN(C)C)c4OC)CC3)c12. The number of H-pyrrole nitrogens is 1. The Kier molecular flexibility index (Phi) is 7.52. The number of aromatic amines is 1. The fourth-order valence-electron chi connectivity index (χ4n) is 4.32. The average Bonchev–Trinajstić information content (AvgIpc) is 3.25. The molecule has 1 fully saturated rings. The van der Waals surface area contributed by atoms with Crippen LogP contribution in [0.2, 0.25) is 5.02 Å². The summed E-state index contributed by atoms with van der Waals surface area (Å²) in [6.07, 6.45) is 2.46. The highest BCUT2D eigenvalue weighted by Crippen LogP contribution is 2.36. The number of hydrogen-bond donors (Lipinski definition) is 2. The number of likely N-dealkylation sites (N-methyl/N-ethyl adjacent to an activating group) is 1. The van der Waals surface area contributed by atoms with E-state index in [0.717, 1.165) is 90.3 Å². The number of aromatic nitrogens is 4. The second kappa shape index (κ2) is 10.5. The lowest BCUT2D eigenvalue weighted by Gasteiger charge is -2.37. The molecule has 10 heteroatoms. The molecule has 3 aromatic rings. The summed E-state index contributed by atoms with van der Waals surface area (Å²) >= 11 is 6.52. The van der Waals surface area contributed by atoms with Crippen LogP contribution in [0.4, 0.5) is 11.5 Å². The minimum atomic E-state index is 0.712. The van der Waals surface area contributed by atoms with E-state index in [1.165, 1.54) is 0 Å². The second-order valence-electron chi connectivity index (χ2n) is 8.52. The molecule has 0 aliphatic carbocycles. The largest absolute Gasteiger partial charge is 0.494 e. The Bertz CT molecular complexity index is 1080. The number of benzene rings is 1. The van der Waals surface area contributed by atoms with Crippen molar-refractivity contribution in [3.63, 3.8) is 0 Å². The van der Waals surface area contributed by atoms with Crippen molar-refractivity contribution in [3.05, 3.63) is 34.7 Å². The molecule has 3 heterocycles. The van der Waals surface area contributed by atoms with Crippen molar-refractivity contribution in [1.82, 2.24) is 30.4 Å². The summed E-state index contributed by atoms with van der Waals surface area (Å²) in [7, 11) is 5.87. The third kappa shape index (κ3) is 5.15. The van der Waals surface area contributed by atoms with Crippen LogP contribution < -0.4 is 19.9 Å². The molecule has 0 spiro atoms. The molecule has 1 aliphatic rings. The molecule has 1 aliphatic heterocycles. The van der Waals surface area contributed by atoms with Crippen LogP contribution in [-0.4, -0.2) is 85.5 Å². The van der Waals surface area contributed by atoms with E-state index in [1.54, 1.807) is 13.4 Å². The summed E-state index contributed by atoms with van der Waals surface area (Å²) in [5, 5.41) is 12.7. The molecule has 0 radical (unpaired) electrons. The van der Waals surface area contributed by atoms with Crippen LogP contribution in [0.25, 0.3) is 11.0 Å². The lowest BCUT2D eigenvalue weighted by atomic mass is 10.1. The molecular formula is C23H33ClN8O. The maximum Gasteiger partial charge on any atom is 0.186 e. The Morgan fingerprint density at radius 2 is 1.91 bits per heavy atom. The third-order valence-electron chi connectivity index (χ3n) is 6.05. The van der Waals surface area contributed by atoms with E-state index in [4.69, 9.17) is 16.3 Å². The first-order valence-corrected chi connectivity index (χ1v) is 11.8. The summed E-state index contributed by atoms with van der Waals surface area (Å²) < 4.78 is 5.85. The molecule has 1 saturated heterocycles. The lowest BCUT2D eigenvalue weighted by Crippen LogP contribution is -2.47. The van der Waals surface area contributed by atoms with Crippen molar-refractivity contribution in [2.45, 2.75) is 19.9 Å². The number of hydrogen-bond acceptors (Lipinski definition) is 8. The predicted octanol–water partition coefficient (Wildman–Crippen LogP) is 2.56. The fraction of sp³-hybridized carbons (Fsp3) is 0.522. The molecule has 0 bridgehead atoms. The smallest absolute Gasteiger partial charge is 0.186 e. The zero-order chi connectivity index (χ0) is 23.4. The number of nitrogens with one attached hydrogen (secondary N) is 2. The summed E-state index contributed by atoms with van der Waals surface area (Å²) in [6.45, 7) is 8.06. The van der Waals surface area contributed by atoms with Crippen LogP contribution in [0.1, 0.15) is 18.2 Å². The number of nitrogens with zero attached hydrogens (tertiary/aromatic N) is 6. The van der Waals surface area contributed by atoms with E-state index < -0.39 is 0 Å². The minimum absolute atomic E-state index is 0.712. The second-order valence-corrected chi connectivity index (χ2v) is 8.96. The van der Waals surface area contributed by atoms with Gasteiger partial charge in [-0.3, -0.25) is 5.10 Å². The van der Waals surface area contributed by atoms with Crippen molar-refractivity contribution >= 4 is 34.1 Å². The van der Waals surface area contributed by atoms with Crippen LogP contribution in [0.3, 0.4) is 0 Å². The molecule has 0 amide bonds. The molecule has 0 saturated carbocycles. The Labute approximate surface area is 200 Å². The number of halogens is 1. The zero-order valence-corrected chi connectivity index (χ0v) is 20.6. The van der Waals surface area contributed by atoms with Crippen LogP contribution in [0.15, 0.2) is 18.5 Å². The van der Waals surface area contributed by atoms with Crippen LogP contribution >= 0.6 is 11.6 Å². The highest BCUT2D eigenvalue weighted by atomic mass is 35.5. The van der Waals surface area contributed by atoms with Gasteiger partial charge in [0.1, 0.15) is 17.9 Å². The van der Waals surface area contributed by atoms with Crippen LogP contribution in [-0.2, 0) is 13.0 Å². The van der Waals surface area contributed by atoms with E-state index in [-0.39, 0.29) is 0 Å². The number of methoxy groups -OCH3 is 1. The highest BCUT2D eigenvalue weighted by Gasteiger charge is 2.25. The van der Waals surface area contributed by atoms with Gasteiger partial charge in [0.05, 0.1) is 18.2 Å². The number of fused-ring (bicyclic) bond motifs is 1. The van der Waals surface area contributed by atoms with Gasteiger partial charge in [-0.05, 0) is 32.6 Å². The molecule has 4 rings (SSSR count). The first-order chi connectivity index (χ1) is 16.0. The number of ether oxygens (including phenoxy) is 1. The average molecular weight is 473 g/mol. The van der Waals surface area contributed by atoms with E-state index in [9.17, 15) is 0 Å². The van der Waals surface area contributed by atoms with E-state index in [0.29, 0.717) is 6.54 Å². The van der Waals surface area contributed by atoms with Gasteiger partial charge in [-0.15, -0.1) is 0 Å². The Morgan fingerprint density at radius 3 is 2.61 bits per heavy atom. The fourth-order valence-corrected chi connectivity index (χ4v) is 4.55. The van der Waals surface area contributed by atoms with Gasteiger partial charge < -0.3 is 24.8 Å². The number of aryl methyl sites for hydroxylation is 1. The zero-order valence-electron chi connectivity index (χ0n) is 19.9. The molecule has 1 aromatic carbocycles. The maximum absolute atomic E-state index is 6.52. The quantitative estimate of drug-likeness (QED) is 0.459. The van der Waals surface area contributed by atoms with Gasteiger partial charge >= 0.3 is 0 Å². The standard InChI is InChI=1S/C23H33ClN8O/c1-5-18-20-22(29-28-18)26-15-27-23(20)32-10-8-31(9-11-32)19-13-17(24)12-16(21(19)33-4)14-25-6-7-30(2)3/h12-13,15,25H,5-11,14H2,1-4H3,(H,26,27,28,29). The molecule has 0 atom stereocenters. The normalized spacial score (nSPS) is 14.5. The van der Waals surface area contributed by atoms with Crippen molar-refractivity contribution in [2.75, 3.05) is 70.3 Å². The van der Waals surface area contributed by atoms with Gasteiger partial charge in [0, 0.05) is 62.1 Å². The monoisotopic (exact) mass is 472 g/mol. The van der Waals surface area contributed by atoms with Gasteiger partial charge in [0.2, 0.25) is 0 Å². The molecule has 0 unspecified atom stereocenters. The molecule has 9 nitrogen and oxygen atoms in total. The van der Waals surface area contributed by atoms with Gasteiger partial charge in [0.25, 0.3) is 0 Å². The molecular weight excluding hydrogens is 440 g/mol. The molecule has 33 heavy (non-hydrogen) atoms. The first kappa shape index (κ1) is 23.5. The van der Waals surface area contributed by atoms with Gasteiger partial charge in [-0.25, -0.2) is 9.97 Å². The maximum atomic E-state index is 6.52. The van der Waals surface area contributed by atoms with Crippen molar-refractivity contribution < 1.29 is 4.74 Å². The molecule has 2 N–H and O–H groups in total. The number of anilines is 2. The Hall–Kier alpha value is -2.62. The first-order valence-electron chi connectivity index (χ1n) is 11.4. The van der Waals surface area contributed by atoms with E-state index in [2.05, 4.69) is 61.2 Å². The summed E-state index contributed by atoms with van der Waals surface area (Å²) in [5.74, 6) is 1.84. The lowest BCUT2D eigenvalue weighted by molar-refractivity contribution is 0.392. The van der Waals surface area contributed by atoms with Crippen LogP contribution in [0, 0.1) is 0 Å². The van der Waals surface area contributed by atoms with Gasteiger partial charge in [-0.2, -0.15) is 5.10 Å². The minimum Gasteiger partial charge on any atom is -0.494 e. The molecule has 178 valence electrons. The number of rotatable bonds is 9. The summed E-state index contributed by atoms with van der Waals surface area (Å²) in [5.41, 5.74) is 3.91. The summed E-state index contributed by atoms with van der Waals surface area (Å²) in [6, 6.07) is 4.00. The molecule has 2 aromatic heterocycles. The van der Waals surface area contributed by atoms with Crippen molar-refractivity contribution in [3.8, 4) is 5.75 Å². The predicted molar refractivity (Wildman–Crippen MR) is 134 cm³/mol. The van der Waals surface area contributed by atoms with Gasteiger partial charge in [-0.1, -0.05) is 18.5 Å². The summed E-state index contributed by atoms with van der Waals surface area (Å²) in [4.78, 5) is 15.7. The third-order valence-corrected chi connectivity index (χ3v) is 6.26. The Morgan fingerprint density at radius 1 is 1.15 bits per heavy atom.